The molecule has 0 heterocycles. The number of carbonyl (C=O) groups excluding carboxylic acids is 2. The average molecular weight is 364 g/mol. The molecule has 0 N–H and O–H groups in total. The molecule has 2 aromatic carbocycles. The summed E-state index contributed by atoms with van der Waals surface area (Å²) in [6.07, 6.45) is 5.59. The van der Waals surface area contributed by atoms with E-state index in [-0.39, 0.29) is 11.6 Å². The Morgan fingerprint density at radius 2 is 1.26 bits per heavy atom. The van der Waals surface area contributed by atoms with E-state index in [9.17, 15) is 9.59 Å². The van der Waals surface area contributed by atoms with E-state index in [1.807, 2.05) is 36.4 Å². The van der Waals surface area contributed by atoms with Gasteiger partial charge in [0.1, 0.15) is 0 Å². The minimum absolute atomic E-state index is 0.0907. The zero-order valence-electron chi connectivity index (χ0n) is 16.4. The maximum absolute atomic E-state index is 13.2. The van der Waals surface area contributed by atoms with Gasteiger partial charge in [0.25, 0.3) is 0 Å². The predicted molar refractivity (Wildman–Crippen MR) is 111 cm³/mol. The van der Waals surface area contributed by atoms with Crippen molar-refractivity contribution < 1.29 is 9.59 Å². The van der Waals surface area contributed by atoms with Crippen molar-refractivity contribution in [3.05, 3.63) is 83.6 Å². The van der Waals surface area contributed by atoms with Crippen LogP contribution in [0.4, 0.5) is 0 Å². The molecule has 0 spiro atoms. The first kappa shape index (κ1) is 20.6. The summed E-state index contributed by atoms with van der Waals surface area (Å²) < 4.78 is 0. The number of allylic oxidation sites excluding steroid dienone is 2. The molecule has 0 aliphatic heterocycles. The number of Topliss-reactive ketones (excluding diaryl/α,β-unsaturated/α-hetero) is 1. The third kappa shape index (κ3) is 6.21. The van der Waals surface area contributed by atoms with E-state index >= 15 is 0 Å². The van der Waals surface area contributed by atoms with Crippen LogP contribution in [-0.2, 0) is 0 Å². The van der Waals surface area contributed by atoms with Gasteiger partial charge in [0.15, 0.2) is 5.78 Å². The lowest BCUT2D eigenvalue weighted by molar-refractivity contribution is 0.0971. The fourth-order valence-corrected chi connectivity index (χ4v) is 2.90. The zero-order chi connectivity index (χ0) is 19.5. The standard InChI is InChI=1S/C24H29NO2/c1-3-5-17-25(18-6-4-2)22(24(27)21-15-11-8-12-16-21)19-23(26)20-13-9-7-10-14-20/h7-16,19H,3-6,17-18H2,1-2H3/b22-19-. The summed E-state index contributed by atoms with van der Waals surface area (Å²) in [5.41, 5.74) is 1.71. The second-order valence-electron chi connectivity index (χ2n) is 6.65. The number of unbranched alkanes of at least 4 members (excludes halogenated alkanes) is 2. The van der Waals surface area contributed by atoms with Gasteiger partial charge in [0, 0.05) is 30.3 Å². The summed E-state index contributed by atoms with van der Waals surface area (Å²) in [5.74, 6) is -0.222. The molecule has 3 nitrogen and oxygen atoms in total. The summed E-state index contributed by atoms with van der Waals surface area (Å²) in [6.45, 7) is 5.83. The van der Waals surface area contributed by atoms with Crippen LogP contribution in [0.25, 0.3) is 0 Å². The molecule has 2 aromatic rings. The number of hydrogen-bond donors (Lipinski definition) is 0. The highest BCUT2D eigenvalue weighted by Crippen LogP contribution is 2.17. The van der Waals surface area contributed by atoms with Crippen molar-refractivity contribution in [2.24, 2.45) is 0 Å². The molecule has 0 aliphatic carbocycles. The van der Waals surface area contributed by atoms with Crippen molar-refractivity contribution in [2.45, 2.75) is 39.5 Å². The van der Waals surface area contributed by atoms with Gasteiger partial charge in [-0.2, -0.15) is 0 Å². The molecule has 0 bridgehead atoms. The van der Waals surface area contributed by atoms with Gasteiger partial charge in [-0.15, -0.1) is 0 Å². The Kier molecular flexibility index (Phi) is 8.50. The first-order chi connectivity index (χ1) is 13.2. The molecule has 0 aliphatic rings. The van der Waals surface area contributed by atoms with Gasteiger partial charge in [-0.05, 0) is 12.8 Å². The van der Waals surface area contributed by atoms with Gasteiger partial charge >= 0.3 is 0 Å². The van der Waals surface area contributed by atoms with Gasteiger partial charge in [-0.3, -0.25) is 9.59 Å². The largest absolute Gasteiger partial charge is 0.368 e. The van der Waals surface area contributed by atoms with Crippen molar-refractivity contribution in [2.75, 3.05) is 13.1 Å². The molecule has 0 radical (unpaired) electrons. The number of carbonyl (C=O) groups is 2. The molecule has 27 heavy (non-hydrogen) atoms. The van der Waals surface area contributed by atoms with Crippen LogP contribution in [0.5, 0.6) is 0 Å². The molecule has 3 heteroatoms. The van der Waals surface area contributed by atoms with E-state index in [1.165, 1.54) is 6.08 Å². The molecule has 0 fully saturated rings. The fourth-order valence-electron chi connectivity index (χ4n) is 2.90. The molecular formula is C24H29NO2. The molecule has 0 amide bonds. The number of benzene rings is 2. The highest BCUT2D eigenvalue weighted by atomic mass is 16.1. The predicted octanol–water partition coefficient (Wildman–Crippen LogP) is 5.54. The van der Waals surface area contributed by atoms with Gasteiger partial charge in [0.05, 0.1) is 5.70 Å². The van der Waals surface area contributed by atoms with E-state index in [2.05, 4.69) is 18.7 Å². The van der Waals surface area contributed by atoms with E-state index in [0.717, 1.165) is 38.8 Å². The van der Waals surface area contributed by atoms with Crippen molar-refractivity contribution in [3.63, 3.8) is 0 Å². The quantitative estimate of drug-likeness (QED) is 0.389. The molecular weight excluding hydrogens is 334 g/mol. The smallest absolute Gasteiger partial charge is 0.209 e. The Morgan fingerprint density at radius 1 is 0.778 bits per heavy atom. The highest BCUT2D eigenvalue weighted by molar-refractivity contribution is 6.14. The van der Waals surface area contributed by atoms with Crippen LogP contribution in [0.2, 0.25) is 0 Å². The normalized spacial score (nSPS) is 11.3. The van der Waals surface area contributed by atoms with Crippen LogP contribution in [-0.4, -0.2) is 29.6 Å². The Bertz CT molecular complexity index is 742. The van der Waals surface area contributed by atoms with Crippen LogP contribution in [0.15, 0.2) is 72.4 Å². The van der Waals surface area contributed by atoms with Crippen molar-refractivity contribution in [1.29, 1.82) is 0 Å². The van der Waals surface area contributed by atoms with E-state index in [0.29, 0.717) is 16.8 Å². The Balaban J connectivity index is 2.40. The summed E-state index contributed by atoms with van der Waals surface area (Å²) in [7, 11) is 0. The monoisotopic (exact) mass is 363 g/mol. The maximum atomic E-state index is 13.2. The lowest BCUT2D eigenvalue weighted by atomic mass is 10.0. The number of rotatable bonds is 11. The third-order valence-corrected chi connectivity index (χ3v) is 4.50. The van der Waals surface area contributed by atoms with Crippen LogP contribution >= 0.6 is 0 Å². The second kappa shape index (κ2) is 11.1. The van der Waals surface area contributed by atoms with Crippen molar-refractivity contribution >= 4 is 11.6 Å². The van der Waals surface area contributed by atoms with Crippen LogP contribution in [0.1, 0.15) is 60.2 Å². The molecule has 0 aromatic heterocycles. The Hall–Kier alpha value is -2.68. The van der Waals surface area contributed by atoms with Crippen LogP contribution in [0, 0.1) is 0 Å². The fraction of sp³-hybridized carbons (Fsp3) is 0.333. The molecule has 2 rings (SSSR count). The minimum Gasteiger partial charge on any atom is -0.368 e. The number of hydrogen-bond acceptors (Lipinski definition) is 3. The average Bonchev–Trinajstić information content (AvgIpc) is 2.73. The highest BCUT2D eigenvalue weighted by Gasteiger charge is 2.20. The topological polar surface area (TPSA) is 37.4 Å². The molecule has 0 saturated heterocycles. The lowest BCUT2D eigenvalue weighted by Gasteiger charge is -2.26. The molecule has 0 saturated carbocycles. The van der Waals surface area contributed by atoms with Gasteiger partial charge in [-0.25, -0.2) is 0 Å². The molecule has 0 atom stereocenters. The maximum Gasteiger partial charge on any atom is 0.209 e. The first-order valence-electron chi connectivity index (χ1n) is 9.83. The Labute approximate surface area is 162 Å². The second-order valence-corrected chi connectivity index (χ2v) is 6.65. The summed E-state index contributed by atoms with van der Waals surface area (Å²) in [6, 6.07) is 18.3. The van der Waals surface area contributed by atoms with Gasteiger partial charge in [-0.1, -0.05) is 87.4 Å². The number of ketones is 2. The van der Waals surface area contributed by atoms with Crippen LogP contribution in [0.3, 0.4) is 0 Å². The summed E-state index contributed by atoms with van der Waals surface area (Å²) in [4.78, 5) is 28.1. The van der Waals surface area contributed by atoms with Crippen molar-refractivity contribution in [3.8, 4) is 0 Å². The van der Waals surface area contributed by atoms with Crippen molar-refractivity contribution in [1.82, 2.24) is 4.90 Å². The number of nitrogens with zero attached hydrogens (tertiary/aromatic N) is 1. The van der Waals surface area contributed by atoms with E-state index in [1.54, 1.807) is 24.3 Å². The zero-order valence-corrected chi connectivity index (χ0v) is 16.4. The summed E-state index contributed by atoms with van der Waals surface area (Å²) in [5, 5.41) is 0. The lowest BCUT2D eigenvalue weighted by Crippen LogP contribution is -2.30. The minimum atomic E-state index is -0.132. The van der Waals surface area contributed by atoms with E-state index in [4.69, 9.17) is 0 Å². The third-order valence-electron chi connectivity index (χ3n) is 4.50. The Morgan fingerprint density at radius 3 is 1.74 bits per heavy atom. The SMILES string of the molecule is CCCCN(CCCC)/C(=C\C(=O)c1ccccc1)C(=O)c1ccccc1. The van der Waals surface area contributed by atoms with E-state index < -0.39 is 0 Å². The molecule has 0 unspecified atom stereocenters. The van der Waals surface area contributed by atoms with Gasteiger partial charge < -0.3 is 4.90 Å². The summed E-state index contributed by atoms with van der Waals surface area (Å²) >= 11 is 0. The molecule has 142 valence electrons. The van der Waals surface area contributed by atoms with Gasteiger partial charge in [0.2, 0.25) is 5.78 Å². The van der Waals surface area contributed by atoms with Crippen LogP contribution < -0.4 is 0 Å². The first-order valence-corrected chi connectivity index (χ1v) is 9.83.